The summed E-state index contributed by atoms with van der Waals surface area (Å²) in [7, 11) is 0. The molecule has 1 unspecified atom stereocenters. The molecule has 1 aromatic carbocycles. The lowest BCUT2D eigenvalue weighted by Gasteiger charge is -2.21. The third kappa shape index (κ3) is 6.34. The molecule has 5 heteroatoms. The first-order valence-electron chi connectivity index (χ1n) is 8.36. The fourth-order valence-electron chi connectivity index (χ4n) is 3.03. The van der Waals surface area contributed by atoms with Crippen molar-refractivity contribution in [3.8, 4) is 0 Å². The van der Waals surface area contributed by atoms with Gasteiger partial charge in [-0.2, -0.15) is 0 Å². The Hall–Kier alpha value is -1.36. The van der Waals surface area contributed by atoms with Crippen LogP contribution >= 0.6 is 15.9 Å². The molecule has 0 aliphatic heterocycles. The van der Waals surface area contributed by atoms with Crippen LogP contribution in [0.1, 0.15) is 57.1 Å². The predicted molar refractivity (Wildman–Crippen MR) is 94.9 cm³/mol. The lowest BCUT2D eigenvalue weighted by molar-refractivity contribution is -0.127. The topological polar surface area (TPSA) is 58.2 Å². The van der Waals surface area contributed by atoms with Gasteiger partial charge in [-0.05, 0) is 43.4 Å². The van der Waals surface area contributed by atoms with Crippen LogP contribution in [0, 0.1) is 5.92 Å². The van der Waals surface area contributed by atoms with Crippen LogP contribution in [0.4, 0.5) is 0 Å². The average molecular weight is 381 g/mol. The number of carbonyl (C=O) groups excluding carboxylic acids is 2. The molecule has 1 aliphatic rings. The number of carbonyl (C=O) groups is 2. The van der Waals surface area contributed by atoms with Gasteiger partial charge in [0.1, 0.15) is 0 Å². The maximum Gasteiger partial charge on any atom is 0.239 e. The van der Waals surface area contributed by atoms with Crippen molar-refractivity contribution in [1.82, 2.24) is 10.6 Å². The second kappa shape index (κ2) is 9.06. The molecule has 0 bridgehead atoms. The van der Waals surface area contributed by atoms with Crippen molar-refractivity contribution in [3.05, 3.63) is 34.3 Å². The summed E-state index contributed by atoms with van der Waals surface area (Å²) in [6.07, 6.45) is 6.57. The molecule has 1 aliphatic carbocycles. The number of hydrogen-bond acceptors (Lipinski definition) is 2. The summed E-state index contributed by atoms with van der Waals surface area (Å²) >= 11 is 3.39. The van der Waals surface area contributed by atoms with Gasteiger partial charge < -0.3 is 10.6 Å². The summed E-state index contributed by atoms with van der Waals surface area (Å²) in [5.74, 6) is 0.328. The molecule has 1 atom stereocenters. The van der Waals surface area contributed by atoms with Gasteiger partial charge in [-0.25, -0.2) is 0 Å². The fraction of sp³-hybridized carbons (Fsp3) is 0.556. The van der Waals surface area contributed by atoms with Gasteiger partial charge in [-0.3, -0.25) is 9.59 Å². The number of amides is 2. The fourth-order valence-corrected chi connectivity index (χ4v) is 3.30. The van der Waals surface area contributed by atoms with E-state index in [1.54, 1.807) is 0 Å². The Morgan fingerprint density at radius 3 is 2.43 bits per heavy atom. The summed E-state index contributed by atoms with van der Waals surface area (Å²) in [4.78, 5) is 23.9. The highest BCUT2D eigenvalue weighted by atomic mass is 79.9. The first-order valence-corrected chi connectivity index (χ1v) is 9.15. The van der Waals surface area contributed by atoms with Crippen molar-refractivity contribution >= 4 is 27.7 Å². The zero-order chi connectivity index (χ0) is 16.7. The lowest BCUT2D eigenvalue weighted by atomic mass is 9.87. The Kier molecular flexibility index (Phi) is 7.09. The van der Waals surface area contributed by atoms with E-state index in [2.05, 4.69) is 26.6 Å². The van der Waals surface area contributed by atoms with E-state index < -0.39 is 0 Å². The predicted octanol–water partition coefficient (Wildman–Crippen LogP) is 3.71. The second-order valence-corrected chi connectivity index (χ2v) is 7.24. The minimum atomic E-state index is -0.155. The van der Waals surface area contributed by atoms with Crippen LogP contribution in [0.5, 0.6) is 0 Å². The third-order valence-electron chi connectivity index (χ3n) is 4.39. The van der Waals surface area contributed by atoms with E-state index in [-0.39, 0.29) is 24.4 Å². The largest absolute Gasteiger partial charge is 0.348 e. The zero-order valence-electron chi connectivity index (χ0n) is 13.6. The Balaban J connectivity index is 1.69. The highest BCUT2D eigenvalue weighted by molar-refractivity contribution is 9.10. The molecule has 0 aromatic heterocycles. The molecule has 1 saturated carbocycles. The van der Waals surface area contributed by atoms with Gasteiger partial charge in [0.05, 0.1) is 12.6 Å². The quantitative estimate of drug-likeness (QED) is 0.789. The van der Waals surface area contributed by atoms with E-state index in [0.717, 1.165) is 22.9 Å². The number of benzene rings is 1. The van der Waals surface area contributed by atoms with Gasteiger partial charge in [-0.15, -0.1) is 0 Å². The normalized spacial score (nSPS) is 16.6. The highest BCUT2D eigenvalue weighted by Gasteiger charge is 2.17. The molecule has 2 N–H and O–H groups in total. The van der Waals surface area contributed by atoms with Crippen LogP contribution in [0.25, 0.3) is 0 Å². The third-order valence-corrected chi connectivity index (χ3v) is 4.92. The number of nitrogens with one attached hydrogen (secondary N) is 2. The van der Waals surface area contributed by atoms with Crippen molar-refractivity contribution in [2.24, 2.45) is 5.92 Å². The van der Waals surface area contributed by atoms with Crippen LogP contribution in [0.3, 0.4) is 0 Å². The number of rotatable bonds is 6. The Bertz CT molecular complexity index is 524. The molecular formula is C18H25BrN2O2. The van der Waals surface area contributed by atoms with E-state index in [1.165, 1.54) is 19.3 Å². The van der Waals surface area contributed by atoms with E-state index >= 15 is 0 Å². The molecule has 0 saturated heterocycles. The van der Waals surface area contributed by atoms with Crippen molar-refractivity contribution < 1.29 is 9.59 Å². The molecule has 1 aromatic rings. The SMILES string of the molecule is CC(NC(=O)CNC(=O)CC1CCCCC1)c1ccc(Br)cc1. The van der Waals surface area contributed by atoms with Crippen LogP contribution < -0.4 is 10.6 Å². The van der Waals surface area contributed by atoms with Crippen molar-refractivity contribution in [3.63, 3.8) is 0 Å². The van der Waals surface area contributed by atoms with Crippen LogP contribution in [-0.2, 0) is 9.59 Å². The molecule has 2 rings (SSSR count). The monoisotopic (exact) mass is 380 g/mol. The highest BCUT2D eigenvalue weighted by Crippen LogP contribution is 2.26. The van der Waals surface area contributed by atoms with Gasteiger partial charge in [-0.1, -0.05) is 47.3 Å². The van der Waals surface area contributed by atoms with Gasteiger partial charge in [0.25, 0.3) is 0 Å². The summed E-state index contributed by atoms with van der Waals surface area (Å²) < 4.78 is 1.01. The molecule has 23 heavy (non-hydrogen) atoms. The van der Waals surface area contributed by atoms with E-state index in [0.29, 0.717) is 12.3 Å². The van der Waals surface area contributed by atoms with Gasteiger partial charge in [0.15, 0.2) is 0 Å². The number of halogens is 1. The Morgan fingerprint density at radius 1 is 1.13 bits per heavy atom. The molecule has 4 nitrogen and oxygen atoms in total. The molecule has 0 spiro atoms. The van der Waals surface area contributed by atoms with Gasteiger partial charge in [0, 0.05) is 10.9 Å². The zero-order valence-corrected chi connectivity index (χ0v) is 15.2. The van der Waals surface area contributed by atoms with Crippen LogP contribution in [0.15, 0.2) is 28.7 Å². The smallest absolute Gasteiger partial charge is 0.239 e. The first-order chi connectivity index (χ1) is 11.0. The minimum absolute atomic E-state index is 0.0108. The summed E-state index contributed by atoms with van der Waals surface area (Å²) in [6.45, 7) is 1.98. The Labute approximate surface area is 146 Å². The van der Waals surface area contributed by atoms with Crippen molar-refractivity contribution in [2.75, 3.05) is 6.54 Å². The first kappa shape index (κ1) is 18.0. The van der Waals surface area contributed by atoms with E-state index in [9.17, 15) is 9.59 Å². The average Bonchev–Trinajstić information content (AvgIpc) is 2.54. The second-order valence-electron chi connectivity index (χ2n) is 6.33. The summed E-state index contributed by atoms with van der Waals surface area (Å²) in [5.41, 5.74) is 1.04. The van der Waals surface area contributed by atoms with E-state index in [1.807, 2.05) is 31.2 Å². The van der Waals surface area contributed by atoms with E-state index in [4.69, 9.17) is 0 Å². The number of hydrogen-bond donors (Lipinski definition) is 2. The molecule has 0 heterocycles. The van der Waals surface area contributed by atoms with Gasteiger partial charge in [0.2, 0.25) is 11.8 Å². The Morgan fingerprint density at radius 2 is 1.78 bits per heavy atom. The molecule has 2 amide bonds. The summed E-state index contributed by atoms with van der Waals surface area (Å²) in [6, 6.07) is 7.76. The summed E-state index contributed by atoms with van der Waals surface area (Å²) in [5, 5.41) is 5.64. The maximum atomic E-state index is 12.0. The minimum Gasteiger partial charge on any atom is -0.348 e. The lowest BCUT2D eigenvalue weighted by Crippen LogP contribution is -2.38. The standard InChI is InChI=1S/C18H25BrN2O2/c1-13(15-7-9-16(19)10-8-15)21-18(23)12-20-17(22)11-14-5-3-2-4-6-14/h7-10,13-14H,2-6,11-12H2,1H3,(H,20,22)(H,21,23). The van der Waals surface area contributed by atoms with Crippen LogP contribution in [0.2, 0.25) is 0 Å². The molecular weight excluding hydrogens is 356 g/mol. The molecule has 0 radical (unpaired) electrons. The van der Waals surface area contributed by atoms with Crippen molar-refractivity contribution in [2.45, 2.75) is 51.5 Å². The van der Waals surface area contributed by atoms with Crippen LogP contribution in [-0.4, -0.2) is 18.4 Å². The van der Waals surface area contributed by atoms with Gasteiger partial charge >= 0.3 is 0 Å². The van der Waals surface area contributed by atoms with Crippen molar-refractivity contribution in [1.29, 1.82) is 0 Å². The molecule has 126 valence electrons. The molecule has 1 fully saturated rings. The maximum absolute atomic E-state index is 12.0.